The maximum Gasteiger partial charge on any atom is 0.191 e. The van der Waals surface area contributed by atoms with Gasteiger partial charge < -0.3 is 9.30 Å². The van der Waals surface area contributed by atoms with Crippen LogP contribution >= 0.6 is 11.8 Å². The first-order chi connectivity index (χ1) is 15.1. The third-order valence-electron chi connectivity index (χ3n) is 5.61. The lowest BCUT2D eigenvalue weighted by Crippen LogP contribution is -2.23. The van der Waals surface area contributed by atoms with Crippen molar-refractivity contribution in [3.8, 4) is 0 Å². The van der Waals surface area contributed by atoms with E-state index in [1.807, 2.05) is 13.0 Å². The molecule has 31 heavy (non-hydrogen) atoms. The number of hydrogen-bond donors (Lipinski definition) is 0. The lowest BCUT2D eigenvalue weighted by atomic mass is 10.1. The summed E-state index contributed by atoms with van der Waals surface area (Å²) in [4.78, 5) is 6.87. The minimum absolute atomic E-state index is 0.247. The van der Waals surface area contributed by atoms with Crippen LogP contribution in [0, 0.1) is 13.8 Å². The summed E-state index contributed by atoms with van der Waals surface area (Å²) in [6, 6.07) is 14.7. The van der Waals surface area contributed by atoms with Crippen molar-refractivity contribution >= 4 is 11.8 Å². The lowest BCUT2D eigenvalue weighted by molar-refractivity contribution is 0.0934. The number of pyridine rings is 1. The molecule has 0 spiro atoms. The minimum atomic E-state index is 0.247. The average Bonchev–Trinajstić information content (AvgIpc) is 3.38. The number of rotatable bonds is 9. The highest BCUT2D eigenvalue weighted by Crippen LogP contribution is 2.26. The van der Waals surface area contributed by atoms with Crippen molar-refractivity contribution in [3.63, 3.8) is 0 Å². The second kappa shape index (κ2) is 10.4. The van der Waals surface area contributed by atoms with Gasteiger partial charge in [0.1, 0.15) is 5.82 Å². The predicted molar refractivity (Wildman–Crippen MR) is 124 cm³/mol. The van der Waals surface area contributed by atoms with Crippen molar-refractivity contribution in [1.82, 2.24) is 24.6 Å². The molecular formula is C24H31N5OS. The van der Waals surface area contributed by atoms with Crippen LogP contribution in [0.1, 0.15) is 41.2 Å². The fourth-order valence-electron chi connectivity index (χ4n) is 3.89. The molecule has 1 atom stereocenters. The number of thioether (sulfide) groups is 1. The third-order valence-corrected chi connectivity index (χ3v) is 6.63. The Bertz CT molecular complexity index is 999. The van der Waals surface area contributed by atoms with Crippen LogP contribution in [0.3, 0.4) is 0 Å². The lowest BCUT2D eigenvalue weighted by Gasteiger charge is -2.19. The maximum absolute atomic E-state index is 5.92. The molecule has 3 heterocycles. The molecule has 0 N–H and O–H groups in total. The van der Waals surface area contributed by atoms with Crippen molar-refractivity contribution in [2.75, 3.05) is 13.7 Å². The van der Waals surface area contributed by atoms with Gasteiger partial charge in [-0.3, -0.25) is 9.88 Å². The highest BCUT2D eigenvalue weighted by molar-refractivity contribution is 7.98. The molecule has 2 aromatic heterocycles. The quantitative estimate of drug-likeness (QED) is 0.463. The normalized spacial score (nSPS) is 16.3. The highest BCUT2D eigenvalue weighted by Gasteiger charge is 2.22. The van der Waals surface area contributed by atoms with Crippen LogP contribution in [0.4, 0.5) is 0 Å². The van der Waals surface area contributed by atoms with Crippen LogP contribution in [0.2, 0.25) is 0 Å². The van der Waals surface area contributed by atoms with Gasteiger partial charge in [-0.2, -0.15) is 0 Å². The second-order valence-corrected chi connectivity index (χ2v) is 9.24. The first-order valence-electron chi connectivity index (χ1n) is 10.9. The Hall–Kier alpha value is -2.22. The topological polar surface area (TPSA) is 56.1 Å². The van der Waals surface area contributed by atoms with Crippen molar-refractivity contribution < 1.29 is 4.74 Å². The Morgan fingerprint density at radius 1 is 1.10 bits per heavy atom. The molecule has 0 aliphatic carbocycles. The van der Waals surface area contributed by atoms with Gasteiger partial charge in [-0.1, -0.05) is 42.1 Å². The number of hydrogen-bond acceptors (Lipinski definition) is 6. The van der Waals surface area contributed by atoms with Crippen molar-refractivity contribution in [3.05, 3.63) is 70.8 Å². The van der Waals surface area contributed by atoms with Crippen LogP contribution < -0.4 is 0 Å². The fourth-order valence-corrected chi connectivity index (χ4v) is 4.94. The van der Waals surface area contributed by atoms with E-state index >= 15 is 0 Å². The first-order valence-corrected chi connectivity index (χ1v) is 11.9. The molecule has 1 aromatic carbocycles. The summed E-state index contributed by atoms with van der Waals surface area (Å²) < 4.78 is 8.19. The Kier molecular flexibility index (Phi) is 7.37. The van der Waals surface area contributed by atoms with Crippen molar-refractivity contribution in [1.29, 1.82) is 0 Å². The number of aromatic nitrogens is 4. The van der Waals surface area contributed by atoms with Gasteiger partial charge in [0.05, 0.1) is 24.9 Å². The summed E-state index contributed by atoms with van der Waals surface area (Å²) in [6.07, 6.45) is 2.48. The van der Waals surface area contributed by atoms with E-state index in [0.29, 0.717) is 0 Å². The molecule has 0 saturated carbocycles. The molecule has 7 heteroatoms. The SMILES string of the molecule is Cc1cccc(CN(C)Cc2nnc(SCc3ccccc3C)n2CC2CCCO2)n1. The van der Waals surface area contributed by atoms with Crippen molar-refractivity contribution in [2.45, 2.75) is 63.3 Å². The molecule has 0 bridgehead atoms. The molecular weight excluding hydrogens is 406 g/mol. The zero-order valence-electron chi connectivity index (χ0n) is 18.6. The van der Waals surface area contributed by atoms with Gasteiger partial charge in [-0.15, -0.1) is 10.2 Å². The van der Waals surface area contributed by atoms with Crippen LogP contribution in [-0.4, -0.2) is 44.4 Å². The fraction of sp³-hybridized carbons (Fsp3) is 0.458. The molecule has 1 aliphatic rings. The molecule has 3 aromatic rings. The van der Waals surface area contributed by atoms with E-state index in [4.69, 9.17) is 4.74 Å². The van der Waals surface area contributed by atoms with E-state index in [9.17, 15) is 0 Å². The number of aryl methyl sites for hydroxylation is 2. The smallest absolute Gasteiger partial charge is 0.191 e. The molecule has 1 saturated heterocycles. The van der Waals surface area contributed by atoms with Gasteiger partial charge >= 0.3 is 0 Å². The summed E-state index contributed by atoms with van der Waals surface area (Å²) in [5.74, 6) is 1.87. The molecule has 6 nitrogen and oxygen atoms in total. The van der Waals surface area contributed by atoms with E-state index in [0.717, 1.165) is 67.2 Å². The number of benzene rings is 1. The van der Waals surface area contributed by atoms with Crippen molar-refractivity contribution in [2.24, 2.45) is 0 Å². The van der Waals surface area contributed by atoms with Gasteiger partial charge in [0.15, 0.2) is 5.16 Å². The van der Waals surface area contributed by atoms with Gasteiger partial charge in [0.25, 0.3) is 0 Å². The largest absolute Gasteiger partial charge is 0.376 e. The van der Waals surface area contributed by atoms with E-state index in [1.54, 1.807) is 11.8 Å². The minimum Gasteiger partial charge on any atom is -0.376 e. The van der Waals surface area contributed by atoms with Crippen LogP contribution in [0.5, 0.6) is 0 Å². The van der Waals surface area contributed by atoms with Crippen LogP contribution in [0.15, 0.2) is 47.6 Å². The van der Waals surface area contributed by atoms with Gasteiger partial charge in [-0.25, -0.2) is 0 Å². The first kappa shape index (κ1) is 22.0. The summed E-state index contributed by atoms with van der Waals surface area (Å²) in [7, 11) is 2.11. The van der Waals surface area contributed by atoms with Gasteiger partial charge in [-0.05, 0) is 57.0 Å². The summed E-state index contributed by atoms with van der Waals surface area (Å²) in [5.41, 5.74) is 4.76. The Morgan fingerprint density at radius 3 is 2.74 bits per heavy atom. The Balaban J connectivity index is 1.48. The molecule has 164 valence electrons. The zero-order chi connectivity index (χ0) is 21.6. The molecule has 1 fully saturated rings. The zero-order valence-corrected chi connectivity index (χ0v) is 19.4. The van der Waals surface area contributed by atoms with Gasteiger partial charge in [0, 0.05) is 24.6 Å². The molecule has 1 unspecified atom stereocenters. The second-order valence-electron chi connectivity index (χ2n) is 8.30. The Labute approximate surface area is 189 Å². The standard InChI is InChI=1S/C24H31N5OS/c1-18-8-4-5-10-20(18)17-31-24-27-26-23(29(24)15-22-12-7-13-30-22)16-28(3)14-21-11-6-9-19(2)25-21/h4-6,8-11,22H,7,12-17H2,1-3H3. The summed E-state index contributed by atoms with van der Waals surface area (Å²) in [5, 5.41) is 10.1. The maximum atomic E-state index is 5.92. The molecule has 4 rings (SSSR count). The van der Waals surface area contributed by atoms with Crippen LogP contribution in [0.25, 0.3) is 0 Å². The summed E-state index contributed by atoms with van der Waals surface area (Å²) >= 11 is 1.75. The predicted octanol–water partition coefficient (Wildman–Crippen LogP) is 4.39. The van der Waals surface area contributed by atoms with E-state index in [1.165, 1.54) is 11.1 Å². The van der Waals surface area contributed by atoms with E-state index < -0.39 is 0 Å². The van der Waals surface area contributed by atoms with Crippen LogP contribution in [-0.2, 0) is 30.1 Å². The Morgan fingerprint density at radius 2 is 1.97 bits per heavy atom. The third kappa shape index (κ3) is 5.93. The van der Waals surface area contributed by atoms with E-state index in [-0.39, 0.29) is 6.10 Å². The average molecular weight is 438 g/mol. The molecule has 0 amide bonds. The molecule has 0 radical (unpaired) electrons. The number of nitrogens with zero attached hydrogens (tertiary/aromatic N) is 5. The monoisotopic (exact) mass is 437 g/mol. The highest BCUT2D eigenvalue weighted by atomic mass is 32.2. The van der Waals surface area contributed by atoms with Gasteiger partial charge in [0.2, 0.25) is 0 Å². The number of ether oxygens (including phenoxy) is 1. The van der Waals surface area contributed by atoms with E-state index in [2.05, 4.69) is 75.0 Å². The summed E-state index contributed by atoms with van der Waals surface area (Å²) in [6.45, 7) is 7.36. The molecule has 1 aliphatic heterocycles.